The van der Waals surface area contributed by atoms with E-state index in [1.165, 1.54) is 4.90 Å². The van der Waals surface area contributed by atoms with Crippen LogP contribution in [0.5, 0.6) is 11.5 Å². The van der Waals surface area contributed by atoms with Gasteiger partial charge in [0.2, 0.25) is 6.79 Å². The number of hydrogen-bond donors (Lipinski definition) is 1. The molecule has 1 N–H and O–H groups in total. The molecule has 1 saturated heterocycles. The molecule has 1 unspecified atom stereocenters. The molecule has 9 heteroatoms. The van der Waals surface area contributed by atoms with Crippen LogP contribution in [0.2, 0.25) is 0 Å². The first-order valence-electron chi connectivity index (χ1n) is 12.2. The van der Waals surface area contributed by atoms with Gasteiger partial charge < -0.3 is 19.7 Å². The third kappa shape index (κ3) is 5.35. The summed E-state index contributed by atoms with van der Waals surface area (Å²) < 4.78 is 64.2. The van der Waals surface area contributed by atoms with E-state index in [9.17, 15) is 17.6 Å². The molecule has 3 aliphatic rings. The van der Waals surface area contributed by atoms with Gasteiger partial charge in [-0.05, 0) is 67.1 Å². The van der Waals surface area contributed by atoms with E-state index in [4.69, 9.17) is 9.47 Å². The second-order valence-electron chi connectivity index (χ2n) is 9.74. The lowest BCUT2D eigenvalue weighted by molar-refractivity contribution is -0.155. The van der Waals surface area contributed by atoms with Gasteiger partial charge in [0.05, 0.1) is 19.3 Å². The second-order valence-corrected chi connectivity index (χ2v) is 9.74. The Balaban J connectivity index is 1.39. The van der Waals surface area contributed by atoms with E-state index in [2.05, 4.69) is 10.2 Å². The van der Waals surface area contributed by atoms with E-state index in [0.29, 0.717) is 24.3 Å². The van der Waals surface area contributed by atoms with Crippen molar-refractivity contribution in [3.05, 3.63) is 53.1 Å². The van der Waals surface area contributed by atoms with E-state index in [0.717, 1.165) is 48.4 Å². The Labute approximate surface area is 203 Å². The van der Waals surface area contributed by atoms with Crippen LogP contribution in [0.3, 0.4) is 0 Å². The lowest BCUT2D eigenvalue weighted by Crippen LogP contribution is -2.47. The van der Waals surface area contributed by atoms with Gasteiger partial charge in [0.25, 0.3) is 0 Å². The molecule has 0 bridgehead atoms. The van der Waals surface area contributed by atoms with E-state index < -0.39 is 18.8 Å². The summed E-state index contributed by atoms with van der Waals surface area (Å²) in [5.41, 5.74) is 3.56. The number of rotatable bonds is 7. The number of benzene rings is 2. The lowest BCUT2D eigenvalue weighted by atomic mass is 9.84. The zero-order valence-corrected chi connectivity index (χ0v) is 19.8. The van der Waals surface area contributed by atoms with Gasteiger partial charge in [-0.15, -0.1) is 0 Å². The molecule has 0 saturated carbocycles. The second kappa shape index (κ2) is 9.85. The van der Waals surface area contributed by atoms with Crippen LogP contribution in [-0.2, 0) is 6.42 Å². The first-order chi connectivity index (χ1) is 16.8. The standard InChI is InChI=1S/C26H31F4N3O2/c1-17-11-19-12-23-24(35-16-34-23)13-22(19)25(33(17)15-26(28,29)30)18-3-5-20(6-4-18)31-21-7-10-32(14-21)9-2-8-27/h3-6,12-13,17,21,25,31H,2,7-11,14-16H2,1H3/t17-,21?,25-/m1/s1. The predicted molar refractivity (Wildman–Crippen MR) is 126 cm³/mol. The molecular formula is C26H31F4N3O2. The molecule has 35 heavy (non-hydrogen) atoms. The zero-order chi connectivity index (χ0) is 24.6. The number of likely N-dealkylation sites (tertiary alicyclic amines) is 1. The number of fused-ring (bicyclic) bond motifs is 2. The number of nitrogens with zero attached hydrogens (tertiary/aromatic N) is 2. The molecule has 190 valence electrons. The van der Waals surface area contributed by atoms with Gasteiger partial charge in [-0.3, -0.25) is 9.29 Å². The summed E-state index contributed by atoms with van der Waals surface area (Å²) in [7, 11) is 0. The van der Waals surface area contributed by atoms with Crippen LogP contribution in [0.15, 0.2) is 36.4 Å². The Kier molecular flexibility index (Phi) is 6.81. The fourth-order valence-corrected chi connectivity index (χ4v) is 5.56. The summed E-state index contributed by atoms with van der Waals surface area (Å²) in [5.74, 6) is 1.22. The maximum atomic E-state index is 13.6. The van der Waals surface area contributed by atoms with Crippen molar-refractivity contribution >= 4 is 5.69 Å². The summed E-state index contributed by atoms with van der Waals surface area (Å²) in [6.45, 7) is 3.25. The Bertz CT molecular complexity index is 1030. The molecule has 1 fully saturated rings. The molecule has 2 aromatic rings. The van der Waals surface area contributed by atoms with Crippen molar-refractivity contribution in [1.82, 2.24) is 9.80 Å². The van der Waals surface area contributed by atoms with Crippen LogP contribution < -0.4 is 14.8 Å². The van der Waals surface area contributed by atoms with Crippen LogP contribution >= 0.6 is 0 Å². The fourth-order valence-electron chi connectivity index (χ4n) is 5.56. The van der Waals surface area contributed by atoms with E-state index in [1.54, 1.807) is 0 Å². The van der Waals surface area contributed by atoms with Gasteiger partial charge in [0.1, 0.15) is 0 Å². The highest BCUT2D eigenvalue weighted by Crippen LogP contribution is 2.45. The van der Waals surface area contributed by atoms with Gasteiger partial charge >= 0.3 is 6.18 Å². The van der Waals surface area contributed by atoms with Gasteiger partial charge in [0, 0.05) is 37.4 Å². The van der Waals surface area contributed by atoms with E-state index in [1.807, 2.05) is 43.3 Å². The first-order valence-corrected chi connectivity index (χ1v) is 12.2. The number of hydrogen-bond acceptors (Lipinski definition) is 5. The monoisotopic (exact) mass is 493 g/mol. The van der Waals surface area contributed by atoms with E-state index >= 15 is 0 Å². The largest absolute Gasteiger partial charge is 0.454 e. The number of halogens is 4. The maximum Gasteiger partial charge on any atom is 0.401 e. The highest BCUT2D eigenvalue weighted by Gasteiger charge is 2.41. The predicted octanol–water partition coefficient (Wildman–Crippen LogP) is 5.16. The molecule has 0 radical (unpaired) electrons. The van der Waals surface area contributed by atoms with Crippen LogP contribution in [0.4, 0.5) is 23.2 Å². The van der Waals surface area contributed by atoms with E-state index in [-0.39, 0.29) is 25.6 Å². The van der Waals surface area contributed by atoms with Crippen molar-refractivity contribution < 1.29 is 27.0 Å². The summed E-state index contributed by atoms with van der Waals surface area (Å²) in [6, 6.07) is 10.9. The molecular weight excluding hydrogens is 462 g/mol. The van der Waals surface area contributed by atoms with Gasteiger partial charge in [-0.1, -0.05) is 12.1 Å². The highest BCUT2D eigenvalue weighted by atomic mass is 19.4. The van der Waals surface area contributed by atoms with Gasteiger partial charge in [-0.2, -0.15) is 13.2 Å². The van der Waals surface area contributed by atoms with Gasteiger partial charge in [-0.25, -0.2) is 0 Å². The Hall–Kier alpha value is -2.52. The number of anilines is 1. The summed E-state index contributed by atoms with van der Waals surface area (Å²) >= 11 is 0. The van der Waals surface area contributed by atoms with Crippen molar-refractivity contribution in [2.45, 2.75) is 50.5 Å². The van der Waals surface area contributed by atoms with Crippen molar-refractivity contribution in [2.75, 3.05) is 45.0 Å². The molecule has 2 aromatic carbocycles. The Morgan fingerprint density at radius 1 is 1.09 bits per heavy atom. The third-order valence-electron chi connectivity index (χ3n) is 7.18. The molecule has 5 nitrogen and oxygen atoms in total. The molecule has 5 rings (SSSR count). The minimum atomic E-state index is -4.31. The summed E-state index contributed by atoms with van der Waals surface area (Å²) in [4.78, 5) is 3.79. The third-order valence-corrected chi connectivity index (χ3v) is 7.18. The smallest absolute Gasteiger partial charge is 0.401 e. The molecule has 0 amide bonds. The highest BCUT2D eigenvalue weighted by molar-refractivity contribution is 5.54. The first kappa shape index (κ1) is 24.2. The molecule has 0 aromatic heterocycles. The van der Waals surface area contributed by atoms with Crippen molar-refractivity contribution in [3.63, 3.8) is 0 Å². The van der Waals surface area contributed by atoms with Crippen LogP contribution in [0.1, 0.15) is 42.5 Å². The average molecular weight is 494 g/mol. The van der Waals surface area contributed by atoms with Crippen molar-refractivity contribution in [1.29, 1.82) is 0 Å². The minimum Gasteiger partial charge on any atom is -0.454 e. The molecule has 3 heterocycles. The fraction of sp³-hybridized carbons (Fsp3) is 0.538. The number of ether oxygens (including phenoxy) is 2. The normalized spacial score (nSPS) is 24.5. The van der Waals surface area contributed by atoms with Crippen molar-refractivity contribution in [3.8, 4) is 11.5 Å². The summed E-state index contributed by atoms with van der Waals surface area (Å²) in [5, 5.41) is 3.52. The topological polar surface area (TPSA) is 37.0 Å². The Morgan fingerprint density at radius 2 is 1.83 bits per heavy atom. The Morgan fingerprint density at radius 3 is 2.54 bits per heavy atom. The van der Waals surface area contributed by atoms with Gasteiger partial charge in [0.15, 0.2) is 11.5 Å². The van der Waals surface area contributed by atoms with Crippen LogP contribution in [0, 0.1) is 0 Å². The maximum absolute atomic E-state index is 13.6. The SMILES string of the molecule is C[C@@H]1Cc2cc3c(cc2[C@@H](c2ccc(NC4CCN(CCCF)C4)cc2)N1CC(F)(F)F)OCO3. The molecule has 3 aliphatic heterocycles. The van der Waals surface area contributed by atoms with Crippen LogP contribution in [-0.4, -0.2) is 67.7 Å². The number of alkyl halides is 4. The molecule has 0 aliphatic carbocycles. The quantitative estimate of drug-likeness (QED) is 0.540. The average Bonchev–Trinajstić information content (AvgIpc) is 3.46. The van der Waals surface area contributed by atoms with Crippen LogP contribution in [0.25, 0.3) is 0 Å². The number of nitrogens with one attached hydrogen (secondary N) is 1. The summed E-state index contributed by atoms with van der Waals surface area (Å²) in [6.07, 6.45) is -2.26. The zero-order valence-electron chi connectivity index (χ0n) is 19.8. The van der Waals surface area contributed by atoms with Crippen molar-refractivity contribution in [2.24, 2.45) is 0 Å². The molecule has 0 spiro atoms. The molecule has 3 atom stereocenters. The minimum absolute atomic E-state index is 0.122. The lowest BCUT2D eigenvalue weighted by Gasteiger charge is -2.42.